The third-order valence-electron chi connectivity index (χ3n) is 6.09. The molecule has 2 fully saturated rings. The van der Waals surface area contributed by atoms with E-state index >= 15 is 0 Å². The number of hydrogen-bond acceptors (Lipinski definition) is 3. The highest BCUT2D eigenvalue weighted by Crippen LogP contribution is 2.22. The Morgan fingerprint density at radius 3 is 2.08 bits per heavy atom. The van der Waals surface area contributed by atoms with Gasteiger partial charge < -0.3 is 15.1 Å². The van der Waals surface area contributed by atoms with Gasteiger partial charge in [0.15, 0.2) is 0 Å². The van der Waals surface area contributed by atoms with Crippen LogP contribution in [0.5, 0.6) is 0 Å². The molecule has 0 amide bonds. The summed E-state index contributed by atoms with van der Waals surface area (Å²) in [6.07, 6.45) is 1.14. The second kappa shape index (κ2) is 9.18. The minimum Gasteiger partial charge on any atom is -0.357 e. The first kappa shape index (κ1) is 21.2. The molecule has 2 unspecified atom stereocenters. The number of nitrogens with zero attached hydrogens (tertiary/aromatic N) is 4. The van der Waals surface area contributed by atoms with Crippen molar-refractivity contribution in [2.45, 2.75) is 53.5 Å². The van der Waals surface area contributed by atoms with Gasteiger partial charge in [-0.1, -0.05) is 27.2 Å². The molecular formula is C20H40N6. The summed E-state index contributed by atoms with van der Waals surface area (Å²) in [5, 5.41) is 11.9. The zero-order chi connectivity index (χ0) is 19.3. The Morgan fingerprint density at radius 1 is 1.00 bits per heavy atom. The molecule has 6 nitrogen and oxygen atoms in total. The molecule has 0 bridgehead atoms. The van der Waals surface area contributed by atoms with E-state index < -0.39 is 0 Å². The summed E-state index contributed by atoms with van der Waals surface area (Å²) in [4.78, 5) is 12.0. The van der Waals surface area contributed by atoms with Gasteiger partial charge in [0.05, 0.1) is 0 Å². The second-order valence-electron chi connectivity index (χ2n) is 8.85. The summed E-state index contributed by atoms with van der Waals surface area (Å²) < 4.78 is 0. The molecule has 2 atom stereocenters. The molecule has 150 valence electrons. The van der Waals surface area contributed by atoms with E-state index in [1.165, 1.54) is 0 Å². The molecule has 2 rings (SSSR count). The Kier molecular flexibility index (Phi) is 7.47. The Labute approximate surface area is 160 Å². The molecule has 0 aliphatic carbocycles. The van der Waals surface area contributed by atoms with E-state index in [9.17, 15) is 0 Å². The molecular weight excluding hydrogens is 324 g/mol. The molecule has 0 aromatic rings. The van der Waals surface area contributed by atoms with Gasteiger partial charge in [0, 0.05) is 63.8 Å². The van der Waals surface area contributed by atoms with Crippen molar-refractivity contribution < 1.29 is 0 Å². The number of aliphatic imine (C=N–C) groups is 1. The van der Waals surface area contributed by atoms with Crippen LogP contribution < -0.4 is 5.32 Å². The lowest BCUT2D eigenvalue weighted by Crippen LogP contribution is -2.56. The summed E-state index contributed by atoms with van der Waals surface area (Å²) in [6, 6.07) is 0. The van der Waals surface area contributed by atoms with Crippen molar-refractivity contribution >= 4 is 11.8 Å². The number of guanidine groups is 1. The van der Waals surface area contributed by atoms with Gasteiger partial charge in [0.2, 0.25) is 5.96 Å². The first-order valence-corrected chi connectivity index (χ1v) is 10.4. The monoisotopic (exact) mass is 364 g/mol. The van der Waals surface area contributed by atoms with E-state index in [4.69, 9.17) is 10.4 Å². The van der Waals surface area contributed by atoms with Gasteiger partial charge in [-0.15, -0.1) is 0 Å². The maximum atomic E-state index is 8.54. The van der Waals surface area contributed by atoms with E-state index in [1.54, 1.807) is 0 Å². The van der Waals surface area contributed by atoms with Crippen molar-refractivity contribution in [1.82, 2.24) is 20.0 Å². The molecule has 0 aromatic heterocycles. The molecule has 0 radical (unpaired) electrons. The summed E-state index contributed by atoms with van der Waals surface area (Å²) in [5.41, 5.74) is 0.221. The summed E-state index contributed by atoms with van der Waals surface area (Å²) in [6.45, 7) is 21.5. The van der Waals surface area contributed by atoms with Crippen LogP contribution in [-0.2, 0) is 0 Å². The topological polar surface area (TPSA) is 58.0 Å². The molecule has 26 heavy (non-hydrogen) atoms. The van der Waals surface area contributed by atoms with Crippen molar-refractivity contribution in [2.75, 3.05) is 52.4 Å². The van der Waals surface area contributed by atoms with Crippen LogP contribution in [0.1, 0.15) is 48.0 Å². The SMILES string of the molecule is CCC(C)C(C)C(=NC(=N)N1CCNCC1)N1CCN(C(C)(C)C)CC1. The number of piperazine rings is 2. The van der Waals surface area contributed by atoms with Gasteiger partial charge in [0.1, 0.15) is 5.84 Å². The van der Waals surface area contributed by atoms with Crippen LogP contribution in [0.2, 0.25) is 0 Å². The highest BCUT2D eigenvalue weighted by molar-refractivity contribution is 5.96. The number of rotatable bonds is 3. The lowest BCUT2D eigenvalue weighted by molar-refractivity contribution is 0.0859. The molecule has 2 aliphatic heterocycles. The van der Waals surface area contributed by atoms with Crippen molar-refractivity contribution in [2.24, 2.45) is 16.8 Å². The van der Waals surface area contributed by atoms with Gasteiger partial charge in [0.25, 0.3) is 0 Å². The van der Waals surface area contributed by atoms with E-state index in [0.717, 1.165) is 64.6 Å². The van der Waals surface area contributed by atoms with Crippen molar-refractivity contribution in [3.63, 3.8) is 0 Å². The summed E-state index contributed by atoms with van der Waals surface area (Å²) in [7, 11) is 0. The lowest BCUT2D eigenvalue weighted by atomic mass is 9.91. The van der Waals surface area contributed by atoms with E-state index in [0.29, 0.717) is 17.8 Å². The Hall–Kier alpha value is -1.14. The highest BCUT2D eigenvalue weighted by Gasteiger charge is 2.30. The third-order valence-corrected chi connectivity index (χ3v) is 6.09. The van der Waals surface area contributed by atoms with Crippen LogP contribution in [0.25, 0.3) is 0 Å². The first-order valence-electron chi connectivity index (χ1n) is 10.4. The fourth-order valence-corrected chi connectivity index (χ4v) is 3.73. The fourth-order valence-electron chi connectivity index (χ4n) is 3.73. The minimum atomic E-state index is 0.221. The average molecular weight is 365 g/mol. The molecule has 0 spiro atoms. The average Bonchev–Trinajstić information content (AvgIpc) is 2.64. The molecule has 2 heterocycles. The third kappa shape index (κ3) is 5.43. The molecule has 2 N–H and O–H groups in total. The van der Waals surface area contributed by atoms with Crippen LogP contribution in [0.4, 0.5) is 0 Å². The number of hydrogen-bond donors (Lipinski definition) is 2. The van der Waals surface area contributed by atoms with Crippen LogP contribution in [-0.4, -0.2) is 84.4 Å². The second-order valence-corrected chi connectivity index (χ2v) is 8.85. The van der Waals surface area contributed by atoms with Gasteiger partial charge in [-0.25, -0.2) is 4.99 Å². The normalized spacial score (nSPS) is 23.1. The van der Waals surface area contributed by atoms with Gasteiger partial charge in [-0.05, 0) is 26.7 Å². The quantitative estimate of drug-likeness (QED) is 0.596. The smallest absolute Gasteiger partial charge is 0.219 e. The Morgan fingerprint density at radius 2 is 1.58 bits per heavy atom. The molecule has 6 heteroatoms. The molecule has 2 saturated heterocycles. The maximum Gasteiger partial charge on any atom is 0.219 e. The predicted octanol–water partition coefficient (Wildman–Crippen LogP) is 2.32. The largest absolute Gasteiger partial charge is 0.357 e. The molecule has 0 saturated carbocycles. The zero-order valence-electron chi connectivity index (χ0n) is 17.8. The van der Waals surface area contributed by atoms with Crippen LogP contribution in [0.15, 0.2) is 4.99 Å². The van der Waals surface area contributed by atoms with E-state index in [2.05, 4.69) is 61.6 Å². The molecule has 2 aliphatic rings. The van der Waals surface area contributed by atoms with Crippen LogP contribution >= 0.6 is 0 Å². The fraction of sp³-hybridized carbons (Fsp3) is 0.900. The first-order chi connectivity index (χ1) is 12.2. The van der Waals surface area contributed by atoms with Crippen LogP contribution in [0.3, 0.4) is 0 Å². The van der Waals surface area contributed by atoms with E-state index in [1.807, 2.05) is 0 Å². The number of amidine groups is 1. The summed E-state index contributed by atoms with van der Waals surface area (Å²) in [5.74, 6) is 2.51. The summed E-state index contributed by atoms with van der Waals surface area (Å²) >= 11 is 0. The lowest BCUT2D eigenvalue weighted by Gasteiger charge is -2.44. The highest BCUT2D eigenvalue weighted by atomic mass is 15.3. The van der Waals surface area contributed by atoms with Crippen molar-refractivity contribution in [3.8, 4) is 0 Å². The van der Waals surface area contributed by atoms with Crippen LogP contribution in [0, 0.1) is 17.2 Å². The van der Waals surface area contributed by atoms with Gasteiger partial charge in [-0.2, -0.15) is 0 Å². The predicted molar refractivity (Wildman–Crippen MR) is 111 cm³/mol. The Bertz CT molecular complexity index is 481. The molecule has 0 aromatic carbocycles. The van der Waals surface area contributed by atoms with Crippen molar-refractivity contribution in [3.05, 3.63) is 0 Å². The zero-order valence-corrected chi connectivity index (χ0v) is 17.8. The standard InChI is InChI=1S/C20H40N6/c1-7-16(2)17(3)18(23-19(21)25-10-8-22-9-11-25)24-12-14-26(15-13-24)20(4,5)6/h16-17,21-22H,7-15H2,1-6H3. The van der Waals surface area contributed by atoms with Gasteiger partial charge in [-0.3, -0.25) is 10.3 Å². The van der Waals surface area contributed by atoms with E-state index in [-0.39, 0.29) is 5.54 Å². The Balaban J connectivity index is 2.13. The van der Waals surface area contributed by atoms with Crippen molar-refractivity contribution in [1.29, 1.82) is 5.41 Å². The minimum absolute atomic E-state index is 0.221. The maximum absolute atomic E-state index is 8.54. The number of nitrogens with one attached hydrogen (secondary N) is 2. The van der Waals surface area contributed by atoms with Gasteiger partial charge >= 0.3 is 0 Å².